The fourth-order valence-electron chi connectivity index (χ4n) is 9.63. The van der Waals surface area contributed by atoms with Gasteiger partial charge in [-0.2, -0.15) is 0 Å². The molecule has 1 unspecified atom stereocenters. The molecule has 0 amide bonds. The molecule has 0 rings (SSSR count). The molecule has 0 saturated heterocycles. The van der Waals surface area contributed by atoms with Crippen molar-refractivity contribution in [3.05, 3.63) is 109 Å². The van der Waals surface area contributed by atoms with E-state index in [-0.39, 0.29) is 31.1 Å². The van der Waals surface area contributed by atoms with E-state index < -0.39 is 6.10 Å². The molecule has 0 aliphatic rings. The number of ether oxygens (including phenoxy) is 3. The molecule has 0 radical (unpaired) electrons. The van der Waals surface area contributed by atoms with Crippen molar-refractivity contribution >= 4 is 17.9 Å². The van der Waals surface area contributed by atoms with Gasteiger partial charge in [-0.05, 0) is 109 Å². The minimum atomic E-state index is -0.789. The monoisotopic (exact) mass is 1120 g/mol. The normalized spacial score (nSPS) is 12.8. The van der Waals surface area contributed by atoms with Gasteiger partial charge in [-0.3, -0.25) is 14.4 Å². The molecule has 0 aromatic carbocycles. The Labute approximate surface area is 501 Å². The van der Waals surface area contributed by atoms with Crippen molar-refractivity contribution in [2.24, 2.45) is 0 Å². The number of carbonyl (C=O) groups is 3. The van der Waals surface area contributed by atoms with Gasteiger partial charge in [0.25, 0.3) is 0 Å². The van der Waals surface area contributed by atoms with Crippen LogP contribution in [0.1, 0.15) is 329 Å². The van der Waals surface area contributed by atoms with Gasteiger partial charge in [-0.15, -0.1) is 0 Å². The molecule has 6 nitrogen and oxygen atoms in total. The van der Waals surface area contributed by atoms with Gasteiger partial charge in [0.1, 0.15) is 13.2 Å². The molecule has 0 fully saturated rings. The minimum absolute atomic E-state index is 0.0832. The Kier molecular flexibility index (Phi) is 65.2. The predicted octanol–water partition coefficient (Wildman–Crippen LogP) is 23.8. The van der Waals surface area contributed by atoms with Crippen LogP contribution in [0.2, 0.25) is 0 Å². The number of unbranched alkanes of at least 4 members (excludes halogenated alkanes) is 33. The summed E-state index contributed by atoms with van der Waals surface area (Å²) >= 11 is 0. The Balaban J connectivity index is 4.34. The maximum Gasteiger partial charge on any atom is 0.306 e. The van der Waals surface area contributed by atoms with E-state index in [1.807, 2.05) is 0 Å². The zero-order valence-electron chi connectivity index (χ0n) is 53.3. The maximum absolute atomic E-state index is 12.9. The van der Waals surface area contributed by atoms with Crippen molar-refractivity contribution in [2.75, 3.05) is 13.2 Å². The number of hydrogen-bond acceptors (Lipinski definition) is 6. The molecule has 6 heteroatoms. The molecule has 0 aromatic rings. The molecular weight excluding hydrogens is 997 g/mol. The van der Waals surface area contributed by atoms with E-state index >= 15 is 0 Å². The van der Waals surface area contributed by atoms with Crippen LogP contribution < -0.4 is 0 Å². The third kappa shape index (κ3) is 66.8. The topological polar surface area (TPSA) is 78.9 Å². The third-order valence-electron chi connectivity index (χ3n) is 14.8. The summed E-state index contributed by atoms with van der Waals surface area (Å²) in [6, 6.07) is 0. The van der Waals surface area contributed by atoms with Crippen molar-refractivity contribution < 1.29 is 28.6 Å². The van der Waals surface area contributed by atoms with Crippen molar-refractivity contribution in [1.82, 2.24) is 0 Å². The van der Waals surface area contributed by atoms with Crippen LogP contribution in [0.4, 0.5) is 0 Å². The average molecular weight is 1130 g/mol. The van der Waals surface area contributed by atoms with Gasteiger partial charge in [-0.1, -0.05) is 310 Å². The fourth-order valence-corrected chi connectivity index (χ4v) is 9.63. The molecule has 0 aliphatic heterocycles. The highest BCUT2D eigenvalue weighted by Crippen LogP contribution is 2.17. The summed E-state index contributed by atoms with van der Waals surface area (Å²) in [6.07, 6.45) is 93.8. The molecular formula is C75H128O6. The molecule has 0 bridgehead atoms. The second kappa shape index (κ2) is 68.6. The largest absolute Gasteiger partial charge is 0.462 e. The quantitative estimate of drug-likeness (QED) is 0.0261. The summed E-state index contributed by atoms with van der Waals surface area (Å²) in [5.74, 6) is -0.894. The molecule has 81 heavy (non-hydrogen) atoms. The first-order valence-electron chi connectivity index (χ1n) is 34.4. The SMILES string of the molecule is CC/C=C\C/C=C\C/C=C\C/C=C\C/C=C\C/C=C\C/C=C\C/C=C\CCCCCCCCC(=O)OCC(COC(=O)CCCCCCCCCCCCCCCCCC)OC(=O)CCCCCCC/C=C\CCCCCCCCC. The van der Waals surface area contributed by atoms with Gasteiger partial charge in [0.05, 0.1) is 0 Å². The van der Waals surface area contributed by atoms with E-state index in [9.17, 15) is 14.4 Å². The summed E-state index contributed by atoms with van der Waals surface area (Å²) < 4.78 is 17.0. The van der Waals surface area contributed by atoms with Crippen LogP contribution in [0.25, 0.3) is 0 Å². The van der Waals surface area contributed by atoms with Gasteiger partial charge in [-0.25, -0.2) is 0 Å². The second-order valence-corrected chi connectivity index (χ2v) is 22.7. The molecule has 0 aromatic heterocycles. The van der Waals surface area contributed by atoms with E-state index in [0.717, 1.165) is 135 Å². The minimum Gasteiger partial charge on any atom is -0.462 e. The molecule has 0 saturated carbocycles. The summed E-state index contributed by atoms with van der Waals surface area (Å²) in [5.41, 5.74) is 0. The Morgan fingerprint density at radius 2 is 0.481 bits per heavy atom. The lowest BCUT2D eigenvalue weighted by Gasteiger charge is -2.18. The van der Waals surface area contributed by atoms with Crippen LogP contribution in [-0.2, 0) is 28.6 Å². The maximum atomic E-state index is 12.9. The zero-order valence-corrected chi connectivity index (χ0v) is 53.3. The number of allylic oxidation sites excluding steroid dienone is 18. The highest BCUT2D eigenvalue weighted by atomic mass is 16.6. The van der Waals surface area contributed by atoms with Gasteiger partial charge in [0.2, 0.25) is 0 Å². The lowest BCUT2D eigenvalue weighted by Crippen LogP contribution is -2.30. The molecule has 464 valence electrons. The molecule has 0 aliphatic carbocycles. The number of hydrogen-bond donors (Lipinski definition) is 0. The molecule has 0 spiro atoms. The molecule has 0 N–H and O–H groups in total. The summed E-state index contributed by atoms with van der Waals surface area (Å²) in [4.78, 5) is 38.4. The Morgan fingerprint density at radius 1 is 0.259 bits per heavy atom. The van der Waals surface area contributed by atoms with Crippen LogP contribution in [0, 0.1) is 0 Å². The van der Waals surface area contributed by atoms with Crippen molar-refractivity contribution in [1.29, 1.82) is 0 Å². The summed E-state index contributed by atoms with van der Waals surface area (Å²) in [5, 5.41) is 0. The summed E-state index contributed by atoms with van der Waals surface area (Å²) in [6.45, 7) is 6.54. The lowest BCUT2D eigenvalue weighted by atomic mass is 10.0. The number of esters is 3. The first-order chi connectivity index (χ1) is 40.0. The van der Waals surface area contributed by atoms with Gasteiger partial charge in [0.15, 0.2) is 6.10 Å². The van der Waals surface area contributed by atoms with Crippen LogP contribution in [0.3, 0.4) is 0 Å². The fraction of sp³-hybridized carbons (Fsp3) is 0.720. The van der Waals surface area contributed by atoms with E-state index in [1.54, 1.807) is 0 Å². The lowest BCUT2D eigenvalue weighted by molar-refractivity contribution is -0.167. The predicted molar refractivity (Wildman–Crippen MR) is 353 cm³/mol. The molecule has 0 heterocycles. The van der Waals surface area contributed by atoms with Gasteiger partial charge in [0, 0.05) is 19.3 Å². The zero-order chi connectivity index (χ0) is 58.5. The number of carbonyl (C=O) groups excluding carboxylic acids is 3. The first kappa shape index (κ1) is 77.1. The standard InChI is InChI=1S/C75H128O6/c1-4-7-10-13-16-19-22-25-28-31-32-33-34-35-36-37-38-39-40-41-42-43-44-45-48-50-53-56-59-62-65-68-74(77)80-71-72(81-75(78)69-66-63-60-57-54-51-47-30-27-24-21-18-15-12-9-6-3)70-79-73(76)67-64-61-58-55-52-49-46-29-26-23-20-17-14-11-8-5-2/h7,10,16,19,25,28,30,32-33,35-36,38-39,41-42,44-45,47,72H,4-6,8-9,11-15,17-18,20-24,26-27,29,31,34,37,40,43,46,48-71H2,1-3H3/b10-7-,19-16-,28-25-,33-32-,36-35-,39-38-,42-41-,45-44-,47-30-. The Morgan fingerprint density at radius 3 is 0.765 bits per heavy atom. The van der Waals surface area contributed by atoms with Gasteiger partial charge < -0.3 is 14.2 Å². The highest BCUT2D eigenvalue weighted by Gasteiger charge is 2.19. The number of rotatable bonds is 62. The third-order valence-corrected chi connectivity index (χ3v) is 14.8. The Hall–Kier alpha value is -3.93. The van der Waals surface area contributed by atoms with Crippen molar-refractivity contribution in [3.8, 4) is 0 Å². The average Bonchev–Trinajstić information content (AvgIpc) is 3.47. The van der Waals surface area contributed by atoms with Gasteiger partial charge >= 0.3 is 17.9 Å². The van der Waals surface area contributed by atoms with E-state index in [4.69, 9.17) is 14.2 Å². The van der Waals surface area contributed by atoms with Crippen LogP contribution >= 0.6 is 0 Å². The highest BCUT2D eigenvalue weighted by molar-refractivity contribution is 5.71. The molecule has 1 atom stereocenters. The second-order valence-electron chi connectivity index (χ2n) is 22.7. The van der Waals surface area contributed by atoms with Crippen molar-refractivity contribution in [3.63, 3.8) is 0 Å². The van der Waals surface area contributed by atoms with E-state index in [1.165, 1.54) is 154 Å². The smallest absolute Gasteiger partial charge is 0.306 e. The van der Waals surface area contributed by atoms with Crippen LogP contribution in [0.5, 0.6) is 0 Å². The summed E-state index contributed by atoms with van der Waals surface area (Å²) in [7, 11) is 0. The van der Waals surface area contributed by atoms with Crippen LogP contribution in [-0.4, -0.2) is 37.2 Å². The van der Waals surface area contributed by atoms with E-state index in [0.29, 0.717) is 19.3 Å². The van der Waals surface area contributed by atoms with E-state index in [2.05, 4.69) is 130 Å². The van der Waals surface area contributed by atoms with Crippen molar-refractivity contribution in [2.45, 2.75) is 335 Å². The first-order valence-corrected chi connectivity index (χ1v) is 34.4. The van der Waals surface area contributed by atoms with Crippen LogP contribution in [0.15, 0.2) is 109 Å². The Bertz CT molecular complexity index is 1620.